The Bertz CT molecular complexity index is 1020. The molecule has 0 aliphatic carbocycles. The quantitative estimate of drug-likeness (QED) is 0.552. The number of piperidine rings is 2. The van der Waals surface area contributed by atoms with Crippen molar-refractivity contribution in [3.63, 3.8) is 0 Å². The number of ether oxygens (including phenoxy) is 2. The smallest absolute Gasteiger partial charge is 0.260 e. The molecule has 0 bridgehead atoms. The third-order valence-electron chi connectivity index (χ3n) is 6.41. The fourth-order valence-electron chi connectivity index (χ4n) is 4.33. The molecule has 2 fully saturated rings. The summed E-state index contributed by atoms with van der Waals surface area (Å²) >= 11 is 0. The van der Waals surface area contributed by atoms with E-state index in [0.29, 0.717) is 11.5 Å². The monoisotopic (exact) mass is 500 g/mol. The van der Waals surface area contributed by atoms with Crippen molar-refractivity contribution in [2.24, 2.45) is 0 Å². The average molecular weight is 501 g/mol. The van der Waals surface area contributed by atoms with E-state index in [-0.39, 0.29) is 34.8 Å². The molecule has 0 saturated carbocycles. The topological polar surface area (TPSA) is 93.2 Å². The van der Waals surface area contributed by atoms with Gasteiger partial charge >= 0.3 is 0 Å². The van der Waals surface area contributed by atoms with Crippen molar-refractivity contribution in [2.75, 3.05) is 39.4 Å². The molecule has 188 valence electrons. The van der Waals surface area contributed by atoms with E-state index in [0.717, 1.165) is 64.7 Å². The van der Waals surface area contributed by atoms with Gasteiger partial charge in [-0.2, -0.15) is 0 Å². The van der Waals surface area contributed by atoms with Crippen LogP contribution in [-0.4, -0.2) is 69.4 Å². The fraction of sp³-hybridized carbons (Fsp3) is 0.462. The number of likely N-dealkylation sites (tertiary alicyclic amines) is 2. The second-order valence-corrected chi connectivity index (χ2v) is 10.9. The van der Waals surface area contributed by atoms with E-state index in [1.54, 1.807) is 34.1 Å². The average Bonchev–Trinajstić information content (AvgIpc) is 2.92. The van der Waals surface area contributed by atoms with Crippen LogP contribution in [0, 0.1) is 0 Å². The lowest BCUT2D eigenvalue weighted by molar-refractivity contribution is -0.135. The fourth-order valence-corrected chi connectivity index (χ4v) is 5.59. The van der Waals surface area contributed by atoms with Crippen LogP contribution in [0.3, 0.4) is 0 Å². The molecular weight excluding hydrogens is 468 g/mol. The molecule has 0 spiro atoms. The Morgan fingerprint density at radius 1 is 0.600 bits per heavy atom. The number of nitrogens with zero attached hydrogens (tertiary/aromatic N) is 2. The Morgan fingerprint density at radius 2 is 0.943 bits per heavy atom. The van der Waals surface area contributed by atoms with Gasteiger partial charge in [0.05, 0.1) is 9.79 Å². The maximum Gasteiger partial charge on any atom is 0.260 e. The van der Waals surface area contributed by atoms with Crippen molar-refractivity contribution in [1.82, 2.24) is 9.80 Å². The Hall–Kier alpha value is -3.07. The van der Waals surface area contributed by atoms with Crippen molar-refractivity contribution >= 4 is 21.7 Å². The van der Waals surface area contributed by atoms with Crippen LogP contribution in [0.15, 0.2) is 58.3 Å². The van der Waals surface area contributed by atoms with Crippen LogP contribution in [0.5, 0.6) is 11.5 Å². The van der Waals surface area contributed by atoms with E-state index in [1.165, 1.54) is 24.3 Å². The summed E-state index contributed by atoms with van der Waals surface area (Å²) in [6, 6.07) is 12.1. The second kappa shape index (κ2) is 11.6. The highest BCUT2D eigenvalue weighted by Gasteiger charge is 2.20. The zero-order chi connectivity index (χ0) is 24.7. The third kappa shape index (κ3) is 6.54. The van der Waals surface area contributed by atoms with E-state index in [2.05, 4.69) is 0 Å². The first-order valence-corrected chi connectivity index (χ1v) is 13.7. The zero-order valence-corrected chi connectivity index (χ0v) is 20.7. The minimum atomic E-state index is -3.73. The van der Waals surface area contributed by atoms with Gasteiger partial charge < -0.3 is 19.3 Å². The molecule has 0 atom stereocenters. The summed E-state index contributed by atoms with van der Waals surface area (Å²) in [4.78, 5) is 28.4. The van der Waals surface area contributed by atoms with Gasteiger partial charge in [0.25, 0.3) is 11.8 Å². The number of amides is 2. The van der Waals surface area contributed by atoms with E-state index in [1.807, 2.05) is 0 Å². The van der Waals surface area contributed by atoms with Crippen LogP contribution in [0.1, 0.15) is 38.5 Å². The zero-order valence-electron chi connectivity index (χ0n) is 19.9. The van der Waals surface area contributed by atoms with Crippen molar-refractivity contribution < 1.29 is 27.5 Å². The maximum absolute atomic E-state index is 13.0. The van der Waals surface area contributed by atoms with Gasteiger partial charge in [-0.05, 0) is 87.1 Å². The molecule has 0 radical (unpaired) electrons. The molecule has 2 aliphatic heterocycles. The summed E-state index contributed by atoms with van der Waals surface area (Å²) in [6.07, 6.45) is 6.36. The van der Waals surface area contributed by atoms with Gasteiger partial charge in [0.1, 0.15) is 11.5 Å². The standard InChI is InChI=1S/C26H32N2O6S/c29-25(27-15-3-1-4-16-27)19-33-21-7-11-23(12-8-21)35(31,32)24-13-9-22(10-14-24)34-20-26(30)28-17-5-2-6-18-28/h7-14H,1-6,15-20H2. The van der Waals surface area contributed by atoms with Gasteiger partial charge in [0.2, 0.25) is 9.84 Å². The Labute approximate surface area is 206 Å². The molecule has 8 nitrogen and oxygen atoms in total. The first-order valence-electron chi connectivity index (χ1n) is 12.2. The summed E-state index contributed by atoms with van der Waals surface area (Å²) in [6.45, 7) is 2.92. The molecule has 2 saturated heterocycles. The minimum absolute atomic E-state index is 0.0543. The summed E-state index contributed by atoms with van der Waals surface area (Å²) in [5.74, 6) is 0.774. The van der Waals surface area contributed by atoms with Crippen molar-refractivity contribution in [2.45, 2.75) is 48.3 Å². The van der Waals surface area contributed by atoms with E-state index >= 15 is 0 Å². The predicted molar refractivity (Wildman–Crippen MR) is 130 cm³/mol. The highest BCUT2D eigenvalue weighted by Crippen LogP contribution is 2.25. The minimum Gasteiger partial charge on any atom is -0.484 e. The molecule has 0 unspecified atom stereocenters. The Morgan fingerprint density at radius 3 is 1.29 bits per heavy atom. The molecule has 2 aliphatic rings. The molecule has 2 heterocycles. The van der Waals surface area contributed by atoms with E-state index < -0.39 is 9.84 Å². The highest BCUT2D eigenvalue weighted by molar-refractivity contribution is 7.91. The highest BCUT2D eigenvalue weighted by atomic mass is 32.2. The van der Waals surface area contributed by atoms with E-state index in [4.69, 9.17) is 9.47 Å². The number of carbonyl (C=O) groups is 2. The Balaban J connectivity index is 1.31. The van der Waals surface area contributed by atoms with Crippen LogP contribution in [0.25, 0.3) is 0 Å². The van der Waals surface area contributed by atoms with Crippen molar-refractivity contribution in [3.05, 3.63) is 48.5 Å². The normalized spacial score (nSPS) is 16.6. The number of benzene rings is 2. The van der Waals surface area contributed by atoms with Crippen LogP contribution in [0.4, 0.5) is 0 Å². The lowest BCUT2D eigenvalue weighted by atomic mass is 10.1. The van der Waals surface area contributed by atoms with Crippen molar-refractivity contribution in [3.8, 4) is 11.5 Å². The van der Waals surface area contributed by atoms with Crippen molar-refractivity contribution in [1.29, 1.82) is 0 Å². The lowest BCUT2D eigenvalue weighted by Gasteiger charge is -2.26. The van der Waals surface area contributed by atoms with Crippen LogP contribution in [0.2, 0.25) is 0 Å². The van der Waals surface area contributed by atoms with Crippen LogP contribution < -0.4 is 9.47 Å². The number of sulfone groups is 1. The molecule has 2 aromatic carbocycles. The van der Waals surface area contributed by atoms with Gasteiger partial charge in [0, 0.05) is 26.2 Å². The summed E-state index contributed by atoms with van der Waals surface area (Å²) in [7, 11) is -3.73. The summed E-state index contributed by atoms with van der Waals surface area (Å²) in [5, 5.41) is 0. The third-order valence-corrected chi connectivity index (χ3v) is 8.20. The number of hydrogen-bond acceptors (Lipinski definition) is 6. The molecule has 4 rings (SSSR count). The molecule has 2 aromatic rings. The van der Waals surface area contributed by atoms with Gasteiger partial charge in [-0.1, -0.05) is 0 Å². The number of hydrogen-bond donors (Lipinski definition) is 0. The van der Waals surface area contributed by atoms with Gasteiger partial charge in [-0.25, -0.2) is 8.42 Å². The van der Waals surface area contributed by atoms with Crippen LogP contribution in [-0.2, 0) is 19.4 Å². The first-order chi connectivity index (χ1) is 16.9. The van der Waals surface area contributed by atoms with E-state index in [9.17, 15) is 18.0 Å². The van der Waals surface area contributed by atoms with Gasteiger partial charge in [0.15, 0.2) is 13.2 Å². The second-order valence-electron chi connectivity index (χ2n) is 8.91. The molecule has 2 amide bonds. The SMILES string of the molecule is O=C(COc1ccc(S(=O)(=O)c2ccc(OCC(=O)N3CCCCC3)cc2)cc1)N1CCCCC1. The lowest BCUT2D eigenvalue weighted by Crippen LogP contribution is -2.38. The summed E-state index contributed by atoms with van der Waals surface area (Å²) < 4.78 is 37.1. The predicted octanol–water partition coefficient (Wildman–Crippen LogP) is 3.30. The largest absolute Gasteiger partial charge is 0.484 e. The summed E-state index contributed by atoms with van der Waals surface area (Å²) in [5.41, 5.74) is 0. The first kappa shape index (κ1) is 25.0. The maximum atomic E-state index is 13.0. The van der Waals surface area contributed by atoms with Gasteiger partial charge in [-0.15, -0.1) is 0 Å². The number of carbonyl (C=O) groups excluding carboxylic acids is 2. The number of rotatable bonds is 8. The Kier molecular flexibility index (Phi) is 8.28. The van der Waals surface area contributed by atoms with Gasteiger partial charge in [-0.3, -0.25) is 9.59 Å². The molecule has 0 N–H and O–H groups in total. The molecule has 9 heteroatoms. The molecule has 35 heavy (non-hydrogen) atoms. The molecular formula is C26H32N2O6S. The molecule has 0 aromatic heterocycles. The van der Waals surface area contributed by atoms with Crippen LogP contribution >= 0.6 is 0 Å².